The molecule has 0 aliphatic carbocycles. The van der Waals surface area contributed by atoms with E-state index in [0.29, 0.717) is 0 Å². The zero-order valence-electron chi connectivity index (χ0n) is 4.41. The first-order valence-electron chi connectivity index (χ1n) is 2.52. The van der Waals surface area contributed by atoms with Crippen LogP contribution >= 0.6 is 0 Å². The van der Waals surface area contributed by atoms with Crippen molar-refractivity contribution in [1.29, 1.82) is 0 Å². The van der Waals surface area contributed by atoms with E-state index in [1.54, 1.807) is 0 Å². The molecule has 0 aromatic carbocycles. The summed E-state index contributed by atoms with van der Waals surface area (Å²) in [7, 11) is 0. The van der Waals surface area contributed by atoms with Crippen LogP contribution in [0.2, 0.25) is 0 Å². The van der Waals surface area contributed by atoms with Gasteiger partial charge in [-0.15, -0.1) is 6.58 Å². The van der Waals surface area contributed by atoms with E-state index in [2.05, 4.69) is 13.5 Å². The molecular formula is C6H13Na. The number of hydrogen-bond acceptors (Lipinski definition) is 0. The van der Waals surface area contributed by atoms with Crippen molar-refractivity contribution in [2.75, 3.05) is 0 Å². The number of rotatable bonds is 3. The maximum atomic E-state index is 3.60. The summed E-state index contributed by atoms with van der Waals surface area (Å²) in [6.07, 6.45) is 5.72. The van der Waals surface area contributed by atoms with Crippen molar-refractivity contribution < 1.29 is 0 Å². The van der Waals surface area contributed by atoms with Gasteiger partial charge in [0.2, 0.25) is 0 Å². The summed E-state index contributed by atoms with van der Waals surface area (Å²) in [5.74, 6) is 0. The van der Waals surface area contributed by atoms with Crippen LogP contribution in [0.15, 0.2) is 12.7 Å². The zero-order valence-corrected chi connectivity index (χ0v) is 4.41. The molecule has 0 aromatic rings. The van der Waals surface area contributed by atoms with Gasteiger partial charge in [0.1, 0.15) is 0 Å². The van der Waals surface area contributed by atoms with E-state index in [-0.39, 0.29) is 29.6 Å². The molecule has 0 aromatic heterocycles. The maximum absolute atomic E-state index is 3.60. The van der Waals surface area contributed by atoms with Gasteiger partial charge in [-0.1, -0.05) is 25.8 Å². The van der Waals surface area contributed by atoms with E-state index in [9.17, 15) is 0 Å². The summed E-state index contributed by atoms with van der Waals surface area (Å²) >= 11 is 0. The Labute approximate surface area is 68.3 Å². The van der Waals surface area contributed by atoms with Crippen molar-refractivity contribution in [2.24, 2.45) is 0 Å². The molecule has 0 rings (SSSR count). The predicted molar refractivity (Wildman–Crippen MR) is 36.9 cm³/mol. The third-order valence-electron chi connectivity index (χ3n) is 0.762. The van der Waals surface area contributed by atoms with E-state index in [4.69, 9.17) is 0 Å². The predicted octanol–water partition coefficient (Wildman–Crippen LogP) is 1.71. The number of allylic oxidation sites excluding steroid dienone is 1. The molecule has 0 amide bonds. The topological polar surface area (TPSA) is 0 Å². The van der Waals surface area contributed by atoms with Gasteiger partial charge in [-0.25, -0.2) is 0 Å². The summed E-state index contributed by atoms with van der Waals surface area (Å²) in [6, 6.07) is 0. The van der Waals surface area contributed by atoms with Crippen LogP contribution in [0.3, 0.4) is 0 Å². The Balaban J connectivity index is 0. The molecule has 0 saturated heterocycles. The average molecular weight is 108 g/mol. The van der Waals surface area contributed by atoms with Crippen LogP contribution in [0.1, 0.15) is 26.2 Å². The van der Waals surface area contributed by atoms with Crippen LogP contribution in [0.4, 0.5) is 0 Å². The molecule has 0 N–H and O–H groups in total. The number of hydrogen-bond donors (Lipinski definition) is 0. The zero-order chi connectivity index (χ0) is 4.83. The van der Waals surface area contributed by atoms with E-state index < -0.39 is 0 Å². The van der Waals surface area contributed by atoms with Gasteiger partial charge in [0, 0.05) is 0 Å². The molecule has 0 aliphatic heterocycles. The second-order valence-corrected chi connectivity index (χ2v) is 1.43. The van der Waals surface area contributed by atoms with Gasteiger partial charge in [-0.3, -0.25) is 0 Å². The van der Waals surface area contributed by atoms with Gasteiger partial charge < -0.3 is 0 Å². The molecule has 0 heterocycles. The SMILES string of the molecule is C=CCCCC.[NaH]. The summed E-state index contributed by atoms with van der Waals surface area (Å²) < 4.78 is 0. The fourth-order valence-corrected chi connectivity index (χ4v) is 0.348. The van der Waals surface area contributed by atoms with Crippen molar-refractivity contribution in [1.82, 2.24) is 0 Å². The molecule has 0 spiro atoms. The molecule has 0 bridgehead atoms. The van der Waals surface area contributed by atoms with E-state index in [1.165, 1.54) is 19.3 Å². The Morgan fingerprint density at radius 1 is 1.57 bits per heavy atom. The quantitative estimate of drug-likeness (QED) is 0.293. The van der Waals surface area contributed by atoms with E-state index in [1.807, 2.05) is 6.08 Å². The van der Waals surface area contributed by atoms with Crippen LogP contribution in [0.25, 0.3) is 0 Å². The van der Waals surface area contributed by atoms with E-state index in [0.717, 1.165) is 0 Å². The number of unbranched alkanes of at least 4 members (excludes halogenated alkanes) is 2. The van der Waals surface area contributed by atoms with E-state index >= 15 is 0 Å². The molecule has 0 atom stereocenters. The van der Waals surface area contributed by atoms with Crippen molar-refractivity contribution in [2.45, 2.75) is 26.2 Å². The first-order valence-corrected chi connectivity index (χ1v) is 2.52. The molecule has 7 heavy (non-hydrogen) atoms. The summed E-state index contributed by atoms with van der Waals surface area (Å²) in [5.41, 5.74) is 0. The fraction of sp³-hybridized carbons (Fsp3) is 0.667. The van der Waals surface area contributed by atoms with Crippen LogP contribution in [0.5, 0.6) is 0 Å². The Hall–Kier alpha value is 0.740. The molecular weight excluding hydrogens is 95.1 g/mol. The van der Waals surface area contributed by atoms with Gasteiger partial charge in [-0.05, 0) is 6.42 Å². The minimum absolute atomic E-state index is 0. The minimum atomic E-state index is 0. The summed E-state index contributed by atoms with van der Waals surface area (Å²) in [4.78, 5) is 0. The van der Waals surface area contributed by atoms with Crippen LogP contribution in [-0.2, 0) is 0 Å². The fourth-order valence-electron chi connectivity index (χ4n) is 0.348. The molecule has 0 nitrogen and oxygen atoms in total. The van der Waals surface area contributed by atoms with Crippen LogP contribution in [0, 0.1) is 0 Å². The monoisotopic (exact) mass is 108 g/mol. The Bertz CT molecular complexity index is 33.2. The van der Waals surface area contributed by atoms with Gasteiger partial charge in [0.05, 0.1) is 0 Å². The van der Waals surface area contributed by atoms with Gasteiger partial charge in [0.15, 0.2) is 0 Å². The molecule has 0 unspecified atom stereocenters. The molecule has 0 saturated carbocycles. The van der Waals surface area contributed by atoms with Crippen molar-refractivity contribution in [3.63, 3.8) is 0 Å². The van der Waals surface area contributed by atoms with Crippen LogP contribution in [-0.4, -0.2) is 29.6 Å². The Morgan fingerprint density at radius 2 is 2.14 bits per heavy atom. The molecule has 1 heteroatoms. The third-order valence-corrected chi connectivity index (χ3v) is 0.762. The Morgan fingerprint density at radius 3 is 2.29 bits per heavy atom. The van der Waals surface area contributed by atoms with Crippen molar-refractivity contribution >= 4 is 29.6 Å². The normalized spacial score (nSPS) is 7.00. The first kappa shape index (κ1) is 10.7. The second-order valence-electron chi connectivity index (χ2n) is 1.43. The van der Waals surface area contributed by atoms with Crippen LogP contribution < -0.4 is 0 Å². The molecule has 0 aliphatic rings. The van der Waals surface area contributed by atoms with Gasteiger partial charge >= 0.3 is 29.6 Å². The summed E-state index contributed by atoms with van der Waals surface area (Å²) in [5, 5.41) is 0. The van der Waals surface area contributed by atoms with Gasteiger partial charge in [0.25, 0.3) is 0 Å². The summed E-state index contributed by atoms with van der Waals surface area (Å²) in [6.45, 7) is 5.78. The molecule has 38 valence electrons. The standard InChI is InChI=1S/C6H12.Na.H/c1-3-5-6-4-2;;/h3H,1,4-6H2,2H3;;. The van der Waals surface area contributed by atoms with Crippen molar-refractivity contribution in [3.8, 4) is 0 Å². The average Bonchev–Trinajstić information content (AvgIpc) is 1.61. The third kappa shape index (κ3) is 10.8. The second kappa shape index (κ2) is 9.88. The first-order chi connectivity index (χ1) is 2.91. The van der Waals surface area contributed by atoms with Gasteiger partial charge in [-0.2, -0.15) is 0 Å². The van der Waals surface area contributed by atoms with Crippen molar-refractivity contribution in [3.05, 3.63) is 12.7 Å². The molecule has 0 radical (unpaired) electrons. The molecule has 0 fully saturated rings. The Kier molecular flexibility index (Phi) is 15.1.